The first kappa shape index (κ1) is 10.5. The highest BCUT2D eigenvalue weighted by Gasteiger charge is 2.36. The predicted molar refractivity (Wildman–Crippen MR) is 51.2 cm³/mol. The highest BCUT2D eigenvalue weighted by atomic mass is 19.4. The first-order chi connectivity index (χ1) is 7.50. The van der Waals surface area contributed by atoms with Crippen LogP contribution >= 0.6 is 0 Å². The van der Waals surface area contributed by atoms with Gasteiger partial charge >= 0.3 is 6.18 Å². The number of aromatic amines is 1. The van der Waals surface area contributed by atoms with Crippen molar-refractivity contribution in [2.24, 2.45) is 0 Å². The van der Waals surface area contributed by atoms with Gasteiger partial charge in [-0.15, -0.1) is 0 Å². The smallest absolute Gasteiger partial charge is 0.395 e. The van der Waals surface area contributed by atoms with Gasteiger partial charge in [0.25, 0.3) is 0 Å². The SMILES string of the molecule is Nc1c(-c2cccnc2)n[nH]c1C(F)(F)F. The molecule has 0 aliphatic heterocycles. The molecule has 0 bridgehead atoms. The highest BCUT2D eigenvalue weighted by Crippen LogP contribution is 2.36. The summed E-state index contributed by atoms with van der Waals surface area (Å²) in [6.07, 6.45) is -1.62. The average Bonchev–Trinajstić information content (AvgIpc) is 2.61. The lowest BCUT2D eigenvalue weighted by Gasteiger charge is -2.03. The predicted octanol–water partition coefficient (Wildman–Crippen LogP) is 2.07. The summed E-state index contributed by atoms with van der Waals surface area (Å²) < 4.78 is 37.2. The minimum atomic E-state index is -4.53. The molecule has 0 saturated carbocycles. The van der Waals surface area contributed by atoms with Gasteiger partial charge in [0.2, 0.25) is 0 Å². The van der Waals surface area contributed by atoms with Crippen LogP contribution in [0.15, 0.2) is 24.5 Å². The molecule has 0 spiro atoms. The van der Waals surface area contributed by atoms with E-state index in [9.17, 15) is 13.2 Å². The number of aromatic nitrogens is 3. The molecule has 0 atom stereocenters. The molecule has 2 rings (SSSR count). The van der Waals surface area contributed by atoms with Crippen LogP contribution in [0.2, 0.25) is 0 Å². The van der Waals surface area contributed by atoms with Crippen LogP contribution in [-0.4, -0.2) is 15.2 Å². The van der Waals surface area contributed by atoms with Crippen molar-refractivity contribution in [3.8, 4) is 11.3 Å². The number of hydrogen-bond acceptors (Lipinski definition) is 3. The molecule has 0 unspecified atom stereocenters. The molecule has 84 valence electrons. The summed E-state index contributed by atoms with van der Waals surface area (Å²) >= 11 is 0. The molecule has 0 radical (unpaired) electrons. The topological polar surface area (TPSA) is 67.6 Å². The largest absolute Gasteiger partial charge is 0.434 e. The van der Waals surface area contributed by atoms with Gasteiger partial charge in [0, 0.05) is 18.0 Å². The van der Waals surface area contributed by atoms with E-state index < -0.39 is 17.6 Å². The monoisotopic (exact) mass is 228 g/mol. The van der Waals surface area contributed by atoms with Gasteiger partial charge in [-0.3, -0.25) is 10.1 Å². The van der Waals surface area contributed by atoms with E-state index in [2.05, 4.69) is 10.1 Å². The highest BCUT2D eigenvalue weighted by molar-refractivity contribution is 5.73. The maximum absolute atomic E-state index is 12.4. The molecule has 3 N–H and O–H groups in total. The third-order valence-electron chi connectivity index (χ3n) is 2.02. The molecule has 0 aliphatic rings. The fourth-order valence-electron chi connectivity index (χ4n) is 1.29. The molecular weight excluding hydrogens is 221 g/mol. The zero-order valence-corrected chi connectivity index (χ0v) is 7.92. The van der Waals surface area contributed by atoms with Crippen molar-refractivity contribution in [2.45, 2.75) is 6.18 Å². The maximum Gasteiger partial charge on any atom is 0.434 e. The van der Waals surface area contributed by atoms with Crippen molar-refractivity contribution in [3.63, 3.8) is 0 Å². The number of alkyl halides is 3. The molecule has 4 nitrogen and oxygen atoms in total. The van der Waals surface area contributed by atoms with Gasteiger partial charge in [0.1, 0.15) is 5.69 Å². The Hall–Kier alpha value is -2.05. The fourth-order valence-corrected chi connectivity index (χ4v) is 1.29. The molecule has 7 heteroatoms. The van der Waals surface area contributed by atoms with Crippen LogP contribution in [0, 0.1) is 0 Å². The first-order valence-electron chi connectivity index (χ1n) is 4.31. The summed E-state index contributed by atoms with van der Waals surface area (Å²) in [4.78, 5) is 3.78. The Morgan fingerprint density at radius 2 is 2.06 bits per heavy atom. The second-order valence-corrected chi connectivity index (χ2v) is 3.10. The van der Waals surface area contributed by atoms with Gasteiger partial charge in [-0.2, -0.15) is 18.3 Å². The average molecular weight is 228 g/mol. The van der Waals surface area contributed by atoms with E-state index in [1.807, 2.05) is 5.10 Å². The second kappa shape index (κ2) is 3.51. The normalized spacial score (nSPS) is 11.7. The molecule has 0 fully saturated rings. The van der Waals surface area contributed by atoms with Gasteiger partial charge in [-0.05, 0) is 12.1 Å². The number of hydrogen-bond donors (Lipinski definition) is 2. The molecule has 0 saturated heterocycles. The van der Waals surface area contributed by atoms with Crippen molar-refractivity contribution in [3.05, 3.63) is 30.2 Å². The van der Waals surface area contributed by atoms with E-state index in [0.29, 0.717) is 5.56 Å². The minimum Gasteiger partial charge on any atom is -0.395 e. The third kappa shape index (κ3) is 1.71. The van der Waals surface area contributed by atoms with Gasteiger partial charge < -0.3 is 5.73 Å². The molecule has 0 aromatic carbocycles. The van der Waals surface area contributed by atoms with Crippen molar-refractivity contribution in [1.29, 1.82) is 0 Å². The lowest BCUT2D eigenvalue weighted by Crippen LogP contribution is -2.08. The Balaban J connectivity index is 2.50. The number of nitrogens with zero attached hydrogens (tertiary/aromatic N) is 2. The minimum absolute atomic E-state index is 0.0559. The summed E-state index contributed by atoms with van der Waals surface area (Å²) in [5, 5.41) is 5.43. The number of rotatable bonds is 1. The summed E-state index contributed by atoms with van der Waals surface area (Å²) in [7, 11) is 0. The molecule has 0 aliphatic carbocycles. The standard InChI is InChI=1S/C9H7F3N4/c10-9(11,12)8-6(13)7(15-16-8)5-2-1-3-14-4-5/h1-4H,13H2,(H,15,16). The first-order valence-corrected chi connectivity index (χ1v) is 4.31. The number of pyridine rings is 1. The van der Waals surface area contributed by atoms with Crippen LogP contribution in [0.5, 0.6) is 0 Å². The number of anilines is 1. The van der Waals surface area contributed by atoms with Crippen molar-refractivity contribution in [2.75, 3.05) is 5.73 Å². The van der Waals surface area contributed by atoms with E-state index in [-0.39, 0.29) is 5.69 Å². The number of halogens is 3. The molecule has 2 heterocycles. The van der Waals surface area contributed by atoms with Crippen molar-refractivity contribution < 1.29 is 13.2 Å². The summed E-state index contributed by atoms with van der Waals surface area (Å²) in [6, 6.07) is 3.18. The van der Waals surface area contributed by atoms with Crippen LogP contribution in [0.25, 0.3) is 11.3 Å². The number of H-pyrrole nitrogens is 1. The maximum atomic E-state index is 12.4. The molecule has 0 amide bonds. The van der Waals surface area contributed by atoms with Crippen LogP contribution in [0.3, 0.4) is 0 Å². The second-order valence-electron chi connectivity index (χ2n) is 3.10. The van der Waals surface area contributed by atoms with Gasteiger partial charge in [-0.1, -0.05) is 0 Å². The Kier molecular flexibility index (Phi) is 2.30. The van der Waals surface area contributed by atoms with Crippen LogP contribution in [0.4, 0.5) is 18.9 Å². The lowest BCUT2D eigenvalue weighted by molar-refractivity contribution is -0.140. The zero-order chi connectivity index (χ0) is 11.8. The zero-order valence-electron chi connectivity index (χ0n) is 7.92. The Labute approximate surface area is 88.3 Å². The van der Waals surface area contributed by atoms with Crippen LogP contribution in [0.1, 0.15) is 5.69 Å². The van der Waals surface area contributed by atoms with E-state index in [1.54, 1.807) is 12.1 Å². The van der Waals surface area contributed by atoms with E-state index in [4.69, 9.17) is 5.73 Å². The van der Waals surface area contributed by atoms with Crippen LogP contribution < -0.4 is 5.73 Å². The Morgan fingerprint density at radius 3 is 2.56 bits per heavy atom. The van der Waals surface area contributed by atoms with E-state index in [0.717, 1.165) is 0 Å². The summed E-state index contributed by atoms with van der Waals surface area (Å²) in [6.45, 7) is 0. The van der Waals surface area contributed by atoms with Crippen molar-refractivity contribution in [1.82, 2.24) is 15.2 Å². The molecule has 2 aromatic heterocycles. The molecule has 2 aromatic rings. The molecular formula is C9H7F3N4. The third-order valence-corrected chi connectivity index (χ3v) is 2.02. The number of nitrogens with one attached hydrogen (secondary N) is 1. The number of nitrogens with two attached hydrogens (primary N) is 1. The fraction of sp³-hybridized carbons (Fsp3) is 0.111. The summed E-state index contributed by atoms with van der Waals surface area (Å²) in [5.74, 6) is 0. The van der Waals surface area contributed by atoms with E-state index >= 15 is 0 Å². The summed E-state index contributed by atoms with van der Waals surface area (Å²) in [5.41, 5.74) is 4.42. The Morgan fingerprint density at radius 1 is 1.31 bits per heavy atom. The van der Waals surface area contributed by atoms with Crippen molar-refractivity contribution >= 4 is 5.69 Å². The van der Waals surface area contributed by atoms with Gasteiger partial charge in [0.05, 0.1) is 5.69 Å². The lowest BCUT2D eigenvalue weighted by atomic mass is 10.1. The molecule has 16 heavy (non-hydrogen) atoms. The van der Waals surface area contributed by atoms with Gasteiger partial charge in [-0.25, -0.2) is 0 Å². The van der Waals surface area contributed by atoms with Gasteiger partial charge in [0.15, 0.2) is 5.69 Å². The quantitative estimate of drug-likeness (QED) is 0.785. The van der Waals surface area contributed by atoms with Crippen LogP contribution in [-0.2, 0) is 6.18 Å². The number of nitrogen functional groups attached to an aromatic ring is 1. The van der Waals surface area contributed by atoms with E-state index in [1.165, 1.54) is 12.4 Å². The Bertz CT molecular complexity index is 489.